The first-order valence-corrected chi connectivity index (χ1v) is 6.40. The average Bonchev–Trinajstić information content (AvgIpc) is 2.49. The molecule has 0 aliphatic carbocycles. The van der Waals surface area contributed by atoms with Crippen LogP contribution in [0.3, 0.4) is 0 Å². The second kappa shape index (κ2) is 9.39. The molecule has 0 spiro atoms. The Morgan fingerprint density at radius 1 is 1.35 bits per heavy atom. The zero-order valence-corrected chi connectivity index (χ0v) is 11.7. The van der Waals surface area contributed by atoms with Crippen molar-refractivity contribution >= 4 is 5.90 Å². The van der Waals surface area contributed by atoms with Gasteiger partial charge in [0.2, 0.25) is 5.90 Å². The Hall–Kier alpha value is -2.55. The maximum absolute atomic E-state index is 7.67. The molecular formula is C17H20N2O. The third kappa shape index (κ3) is 6.40. The van der Waals surface area contributed by atoms with Gasteiger partial charge in [-0.3, -0.25) is 5.41 Å². The minimum Gasteiger partial charge on any atom is -0.473 e. The lowest BCUT2D eigenvalue weighted by atomic mass is 10.2. The van der Waals surface area contributed by atoms with Gasteiger partial charge in [0.1, 0.15) is 6.61 Å². The molecule has 1 aromatic rings. The number of benzene rings is 1. The van der Waals surface area contributed by atoms with Gasteiger partial charge in [-0.05, 0) is 24.6 Å². The fourth-order valence-electron chi connectivity index (χ4n) is 1.37. The first-order valence-electron chi connectivity index (χ1n) is 6.40. The van der Waals surface area contributed by atoms with Crippen molar-refractivity contribution in [1.29, 1.82) is 5.41 Å². The molecule has 20 heavy (non-hydrogen) atoms. The van der Waals surface area contributed by atoms with Crippen molar-refractivity contribution in [3.8, 4) is 0 Å². The third-order valence-corrected chi connectivity index (χ3v) is 2.41. The summed E-state index contributed by atoms with van der Waals surface area (Å²) in [5.41, 5.74) is 1.90. The highest BCUT2D eigenvalue weighted by molar-refractivity contribution is 5.84. The van der Waals surface area contributed by atoms with Crippen molar-refractivity contribution in [1.82, 2.24) is 5.32 Å². The fraction of sp³-hybridized carbons (Fsp3) is 0.118. The lowest BCUT2D eigenvalue weighted by Gasteiger charge is -2.04. The van der Waals surface area contributed by atoms with Crippen LogP contribution in [0.5, 0.6) is 0 Å². The van der Waals surface area contributed by atoms with Gasteiger partial charge < -0.3 is 10.1 Å². The maximum Gasteiger partial charge on any atom is 0.207 e. The molecule has 0 fully saturated rings. The highest BCUT2D eigenvalue weighted by atomic mass is 16.5. The van der Waals surface area contributed by atoms with Crippen molar-refractivity contribution in [2.75, 3.05) is 0 Å². The molecule has 0 radical (unpaired) electrons. The van der Waals surface area contributed by atoms with E-state index in [0.717, 1.165) is 11.3 Å². The number of rotatable bonds is 7. The van der Waals surface area contributed by atoms with Crippen LogP contribution in [0.15, 0.2) is 79.2 Å². The van der Waals surface area contributed by atoms with E-state index in [2.05, 4.69) is 11.9 Å². The monoisotopic (exact) mass is 268 g/mol. The molecule has 0 aliphatic heterocycles. The van der Waals surface area contributed by atoms with Crippen LogP contribution in [0.2, 0.25) is 0 Å². The topological polar surface area (TPSA) is 45.1 Å². The van der Waals surface area contributed by atoms with Crippen LogP contribution in [0, 0.1) is 5.41 Å². The van der Waals surface area contributed by atoms with Gasteiger partial charge in [-0.2, -0.15) is 0 Å². The van der Waals surface area contributed by atoms with Gasteiger partial charge in [0, 0.05) is 18.0 Å². The van der Waals surface area contributed by atoms with Crippen LogP contribution in [-0.2, 0) is 11.3 Å². The van der Waals surface area contributed by atoms with Crippen molar-refractivity contribution in [3.05, 3.63) is 84.8 Å². The molecule has 1 rings (SSSR count). The molecule has 0 aliphatic rings. The maximum atomic E-state index is 7.67. The van der Waals surface area contributed by atoms with Gasteiger partial charge in [-0.25, -0.2) is 0 Å². The number of hydrogen-bond acceptors (Lipinski definition) is 3. The van der Waals surface area contributed by atoms with E-state index in [4.69, 9.17) is 10.1 Å². The second-order valence-corrected chi connectivity index (χ2v) is 3.97. The molecule has 3 heteroatoms. The predicted molar refractivity (Wildman–Crippen MR) is 84.3 cm³/mol. The highest BCUT2D eigenvalue weighted by Crippen LogP contribution is 2.01. The summed E-state index contributed by atoms with van der Waals surface area (Å²) in [5, 5.41) is 10.7. The molecule has 0 bridgehead atoms. The van der Waals surface area contributed by atoms with Crippen molar-refractivity contribution in [2.24, 2.45) is 0 Å². The Balaban J connectivity index is 2.38. The Labute approximate surface area is 120 Å². The van der Waals surface area contributed by atoms with E-state index in [1.807, 2.05) is 55.5 Å². The Bertz CT molecular complexity index is 513. The molecular weight excluding hydrogens is 248 g/mol. The smallest absolute Gasteiger partial charge is 0.207 e. The Morgan fingerprint density at radius 3 is 2.75 bits per heavy atom. The van der Waals surface area contributed by atoms with Crippen LogP contribution < -0.4 is 5.32 Å². The quantitative estimate of drug-likeness (QED) is 0.447. The SMILES string of the molecule is C=C/C(=C\C=C/C)N/C=C\C(=N)OCc1ccccc1. The summed E-state index contributed by atoms with van der Waals surface area (Å²) in [7, 11) is 0. The van der Waals surface area contributed by atoms with E-state index < -0.39 is 0 Å². The molecule has 0 aromatic heterocycles. The lowest BCUT2D eigenvalue weighted by Crippen LogP contribution is -2.05. The zero-order valence-electron chi connectivity index (χ0n) is 11.7. The fourth-order valence-corrected chi connectivity index (χ4v) is 1.37. The Morgan fingerprint density at radius 2 is 2.10 bits per heavy atom. The van der Waals surface area contributed by atoms with Gasteiger partial charge >= 0.3 is 0 Å². The minimum absolute atomic E-state index is 0.107. The van der Waals surface area contributed by atoms with Gasteiger partial charge in [0.05, 0.1) is 0 Å². The Kier molecular flexibility index (Phi) is 7.28. The van der Waals surface area contributed by atoms with Crippen LogP contribution in [-0.4, -0.2) is 5.90 Å². The predicted octanol–water partition coefficient (Wildman–Crippen LogP) is 3.93. The second-order valence-electron chi connectivity index (χ2n) is 3.97. The van der Waals surface area contributed by atoms with E-state index in [-0.39, 0.29) is 5.90 Å². The first kappa shape index (κ1) is 15.5. The normalized spacial score (nSPS) is 11.8. The molecule has 104 valence electrons. The summed E-state index contributed by atoms with van der Waals surface area (Å²) < 4.78 is 5.32. The molecule has 0 unspecified atom stereocenters. The summed E-state index contributed by atoms with van der Waals surface area (Å²) in [4.78, 5) is 0. The summed E-state index contributed by atoms with van der Waals surface area (Å²) in [5.74, 6) is 0.107. The summed E-state index contributed by atoms with van der Waals surface area (Å²) >= 11 is 0. The molecule has 0 amide bonds. The number of ether oxygens (including phenoxy) is 1. The molecule has 1 aromatic carbocycles. The average molecular weight is 268 g/mol. The summed E-state index contributed by atoms with van der Waals surface area (Å²) in [6, 6.07) is 9.77. The number of nitrogens with one attached hydrogen (secondary N) is 2. The first-order chi connectivity index (χ1) is 9.76. The van der Waals surface area contributed by atoms with E-state index in [1.165, 1.54) is 0 Å². The van der Waals surface area contributed by atoms with Crippen LogP contribution >= 0.6 is 0 Å². The number of allylic oxidation sites excluding steroid dienone is 4. The van der Waals surface area contributed by atoms with Crippen LogP contribution in [0.4, 0.5) is 0 Å². The van der Waals surface area contributed by atoms with E-state index in [9.17, 15) is 0 Å². The standard InChI is InChI=1S/C17H20N2O/c1-3-5-11-16(4-2)19-13-12-17(18)20-14-15-9-7-6-8-10-15/h3-13,18-19H,2,14H2,1H3/b5-3-,13-12-,16-11+,18-17?. The van der Waals surface area contributed by atoms with E-state index in [0.29, 0.717) is 6.61 Å². The van der Waals surface area contributed by atoms with E-state index >= 15 is 0 Å². The molecule has 0 saturated carbocycles. The minimum atomic E-state index is 0.107. The van der Waals surface area contributed by atoms with Gasteiger partial charge in [-0.15, -0.1) is 0 Å². The molecule has 2 N–H and O–H groups in total. The van der Waals surface area contributed by atoms with Crippen LogP contribution in [0.25, 0.3) is 0 Å². The van der Waals surface area contributed by atoms with Crippen molar-refractivity contribution in [3.63, 3.8) is 0 Å². The lowest BCUT2D eigenvalue weighted by molar-refractivity contribution is 0.292. The molecule has 0 atom stereocenters. The van der Waals surface area contributed by atoms with Crippen molar-refractivity contribution in [2.45, 2.75) is 13.5 Å². The molecule has 3 nitrogen and oxygen atoms in total. The largest absolute Gasteiger partial charge is 0.473 e. The van der Waals surface area contributed by atoms with Gasteiger partial charge in [0.25, 0.3) is 0 Å². The van der Waals surface area contributed by atoms with Gasteiger partial charge in [0.15, 0.2) is 0 Å². The van der Waals surface area contributed by atoms with Crippen LogP contribution in [0.1, 0.15) is 12.5 Å². The van der Waals surface area contributed by atoms with E-state index in [1.54, 1.807) is 18.4 Å². The molecule has 0 heterocycles. The molecule has 0 saturated heterocycles. The number of hydrogen-bond donors (Lipinski definition) is 2. The highest BCUT2D eigenvalue weighted by Gasteiger charge is 1.94. The summed E-state index contributed by atoms with van der Waals surface area (Å²) in [6.07, 6.45) is 10.7. The summed E-state index contributed by atoms with van der Waals surface area (Å²) in [6.45, 7) is 6.04. The van der Waals surface area contributed by atoms with Gasteiger partial charge in [-0.1, -0.05) is 49.1 Å². The third-order valence-electron chi connectivity index (χ3n) is 2.41. The zero-order chi connectivity index (χ0) is 14.6. The van der Waals surface area contributed by atoms with Crippen molar-refractivity contribution < 1.29 is 4.74 Å².